The Morgan fingerprint density at radius 1 is 1.09 bits per heavy atom. The summed E-state index contributed by atoms with van der Waals surface area (Å²) in [5.41, 5.74) is 7.19. The fourth-order valence-electron chi connectivity index (χ4n) is 3.86. The zero-order valence-corrected chi connectivity index (χ0v) is 24.3. The van der Waals surface area contributed by atoms with E-state index in [1.807, 2.05) is 19.1 Å². The molecule has 2 aromatic heterocycles. The molecule has 228 valence electrons. The fourth-order valence-corrected chi connectivity index (χ4v) is 3.86. The van der Waals surface area contributed by atoms with E-state index in [-0.39, 0.29) is 11.7 Å². The zero-order valence-electron chi connectivity index (χ0n) is 24.3. The van der Waals surface area contributed by atoms with Crippen molar-refractivity contribution in [1.82, 2.24) is 19.7 Å². The number of carboxylic acid groups (broad SMARTS) is 1. The Hall–Kier alpha value is -5.37. The predicted molar refractivity (Wildman–Crippen MR) is 160 cm³/mol. The summed E-state index contributed by atoms with van der Waals surface area (Å²) >= 11 is 0. The predicted octanol–water partition coefficient (Wildman–Crippen LogP) is 2.96. The van der Waals surface area contributed by atoms with Gasteiger partial charge < -0.3 is 35.1 Å². The molecular formula is C29H35N7O7. The molecule has 43 heavy (non-hydrogen) atoms. The molecule has 0 aliphatic heterocycles. The lowest BCUT2D eigenvalue weighted by atomic mass is 10.0. The number of pyridine rings is 1. The van der Waals surface area contributed by atoms with Gasteiger partial charge in [-0.1, -0.05) is 6.07 Å². The smallest absolute Gasteiger partial charge is 0.349 e. The van der Waals surface area contributed by atoms with Crippen LogP contribution in [0.5, 0.6) is 17.2 Å². The first kappa shape index (κ1) is 32.1. The number of hydrogen-bond donors (Lipinski definition) is 5. The zero-order chi connectivity index (χ0) is 31.4. The van der Waals surface area contributed by atoms with Crippen LogP contribution in [0.15, 0.2) is 65.6 Å². The van der Waals surface area contributed by atoms with Gasteiger partial charge in [-0.3, -0.25) is 15.2 Å². The Balaban J connectivity index is 0.00000119. The highest BCUT2D eigenvalue weighted by Gasteiger charge is 2.23. The first-order valence-electron chi connectivity index (χ1n) is 13.2. The standard InChI is InChI=1S/C27H31N7O5.C2H4O2/c1-4-38-22-16-18(9-12-20(22)39-15-14-36-2)23(31-19-10-7-17(8-11-19)24(28)29)25-32-27(35)34(33-25)26-21(37-3)6-5-13-30-26;1-2(3)4/h5-13,16,23,31H,4,14-15H2,1-3H3,(H3,28,29)(H,32,33,35);1H3,(H,3,4)/t23-;/m0./s1. The van der Waals surface area contributed by atoms with E-state index in [0.717, 1.165) is 17.2 Å². The van der Waals surface area contributed by atoms with Crippen molar-refractivity contribution in [2.45, 2.75) is 19.9 Å². The van der Waals surface area contributed by atoms with Gasteiger partial charge in [0.25, 0.3) is 5.97 Å². The van der Waals surface area contributed by atoms with Gasteiger partial charge in [-0.15, -0.1) is 5.10 Å². The van der Waals surface area contributed by atoms with Gasteiger partial charge in [0.1, 0.15) is 18.5 Å². The SMILES string of the molecule is CC(=O)O.CCOc1cc([C@H](Nc2ccc(C(=N)N)cc2)c2nn(-c3ncccc3OC)c(=O)[nH]2)ccc1OCCOC. The van der Waals surface area contributed by atoms with Crippen LogP contribution in [0.1, 0.15) is 36.8 Å². The van der Waals surface area contributed by atoms with Gasteiger partial charge in [0.15, 0.2) is 23.1 Å². The lowest BCUT2D eigenvalue weighted by Gasteiger charge is -2.20. The van der Waals surface area contributed by atoms with Crippen LogP contribution in [0.25, 0.3) is 5.82 Å². The fraction of sp³-hybridized carbons (Fsp3) is 0.276. The first-order valence-corrected chi connectivity index (χ1v) is 13.2. The molecule has 2 aromatic carbocycles. The van der Waals surface area contributed by atoms with E-state index in [9.17, 15) is 4.79 Å². The number of amidine groups is 1. The Morgan fingerprint density at radius 2 is 1.81 bits per heavy atom. The summed E-state index contributed by atoms with van der Waals surface area (Å²) in [5.74, 6) is 1.24. The summed E-state index contributed by atoms with van der Waals surface area (Å²) in [7, 11) is 3.11. The number of rotatable bonds is 13. The Labute approximate surface area is 247 Å². The summed E-state index contributed by atoms with van der Waals surface area (Å²) in [5, 5.41) is 23.1. The highest BCUT2D eigenvalue weighted by atomic mass is 16.5. The molecule has 4 aromatic rings. The Kier molecular flexibility index (Phi) is 11.6. The van der Waals surface area contributed by atoms with Crippen LogP contribution in [0.4, 0.5) is 5.69 Å². The Bertz CT molecular complexity index is 1560. The van der Waals surface area contributed by atoms with Crippen LogP contribution in [0.3, 0.4) is 0 Å². The van der Waals surface area contributed by atoms with Crippen LogP contribution in [-0.4, -0.2) is 70.7 Å². The number of nitrogens with one attached hydrogen (secondary N) is 3. The normalized spacial score (nSPS) is 11.1. The number of nitrogens with two attached hydrogens (primary N) is 1. The summed E-state index contributed by atoms with van der Waals surface area (Å²) < 4.78 is 23.3. The van der Waals surface area contributed by atoms with Crippen molar-refractivity contribution in [1.29, 1.82) is 5.41 Å². The number of aromatic nitrogens is 4. The average Bonchev–Trinajstić information content (AvgIpc) is 3.37. The lowest BCUT2D eigenvalue weighted by Crippen LogP contribution is -2.17. The van der Waals surface area contributed by atoms with Crippen molar-refractivity contribution in [2.24, 2.45) is 5.73 Å². The van der Waals surface area contributed by atoms with Gasteiger partial charge in [-0.2, -0.15) is 4.68 Å². The number of methoxy groups -OCH3 is 2. The van der Waals surface area contributed by atoms with E-state index in [1.54, 1.807) is 55.8 Å². The molecule has 6 N–H and O–H groups in total. The number of anilines is 1. The maximum Gasteiger partial charge on any atom is 0.349 e. The van der Waals surface area contributed by atoms with E-state index >= 15 is 0 Å². The maximum atomic E-state index is 13.0. The molecular weight excluding hydrogens is 558 g/mol. The van der Waals surface area contributed by atoms with Gasteiger partial charge in [-0.25, -0.2) is 9.78 Å². The molecule has 0 spiro atoms. The lowest BCUT2D eigenvalue weighted by molar-refractivity contribution is -0.134. The minimum Gasteiger partial charge on any atom is -0.493 e. The van der Waals surface area contributed by atoms with Crippen molar-refractivity contribution in [3.63, 3.8) is 0 Å². The van der Waals surface area contributed by atoms with Crippen molar-refractivity contribution in [3.05, 3.63) is 88.2 Å². The van der Waals surface area contributed by atoms with Crippen molar-refractivity contribution in [3.8, 4) is 23.1 Å². The van der Waals surface area contributed by atoms with Crippen molar-refractivity contribution >= 4 is 17.5 Å². The second kappa shape index (κ2) is 15.6. The third-order valence-electron chi connectivity index (χ3n) is 5.73. The topological polar surface area (TPSA) is 200 Å². The number of aliphatic carboxylic acids is 1. The largest absolute Gasteiger partial charge is 0.493 e. The average molecular weight is 594 g/mol. The van der Waals surface area contributed by atoms with Crippen molar-refractivity contribution < 1.29 is 28.8 Å². The molecule has 0 fully saturated rings. The molecule has 14 nitrogen and oxygen atoms in total. The maximum absolute atomic E-state index is 13.0. The summed E-state index contributed by atoms with van der Waals surface area (Å²) in [4.78, 5) is 29.1. The molecule has 0 aliphatic rings. The molecule has 0 unspecified atom stereocenters. The van der Waals surface area contributed by atoms with E-state index in [1.165, 1.54) is 7.11 Å². The van der Waals surface area contributed by atoms with E-state index in [4.69, 9.17) is 40.0 Å². The minimum atomic E-state index is -0.833. The molecule has 0 amide bonds. The van der Waals surface area contributed by atoms with Crippen LogP contribution in [-0.2, 0) is 9.53 Å². The number of nitrogen functional groups attached to an aromatic ring is 1. The van der Waals surface area contributed by atoms with Gasteiger partial charge in [-0.05, 0) is 61.0 Å². The van der Waals surface area contributed by atoms with Gasteiger partial charge in [0.2, 0.25) is 5.82 Å². The molecule has 2 heterocycles. The molecule has 0 saturated heterocycles. The van der Waals surface area contributed by atoms with Crippen LogP contribution >= 0.6 is 0 Å². The summed E-state index contributed by atoms with van der Waals surface area (Å²) in [6, 6.07) is 15.4. The number of aromatic amines is 1. The first-order chi connectivity index (χ1) is 20.7. The molecule has 4 rings (SSSR count). The quantitative estimate of drug-likeness (QED) is 0.0867. The summed E-state index contributed by atoms with van der Waals surface area (Å²) in [6.07, 6.45) is 1.56. The Morgan fingerprint density at radius 3 is 2.44 bits per heavy atom. The monoisotopic (exact) mass is 593 g/mol. The van der Waals surface area contributed by atoms with E-state index in [0.29, 0.717) is 54.1 Å². The van der Waals surface area contributed by atoms with Crippen LogP contribution in [0.2, 0.25) is 0 Å². The van der Waals surface area contributed by atoms with Crippen molar-refractivity contribution in [2.75, 3.05) is 39.4 Å². The van der Waals surface area contributed by atoms with Gasteiger partial charge in [0, 0.05) is 31.5 Å². The minimum absolute atomic E-state index is 0.0316. The van der Waals surface area contributed by atoms with Gasteiger partial charge >= 0.3 is 5.69 Å². The molecule has 14 heteroatoms. The number of H-pyrrole nitrogens is 1. The molecule has 0 aliphatic carbocycles. The van der Waals surface area contributed by atoms with E-state index in [2.05, 4.69) is 20.4 Å². The second-order valence-electron chi connectivity index (χ2n) is 8.82. The molecule has 0 bridgehead atoms. The van der Waals surface area contributed by atoms with Crippen LogP contribution in [0, 0.1) is 5.41 Å². The highest BCUT2D eigenvalue weighted by molar-refractivity contribution is 5.95. The van der Waals surface area contributed by atoms with Gasteiger partial charge in [0.05, 0.1) is 20.3 Å². The second-order valence-corrected chi connectivity index (χ2v) is 8.82. The third-order valence-corrected chi connectivity index (χ3v) is 5.73. The molecule has 0 saturated carbocycles. The number of carboxylic acids is 1. The number of nitrogens with zero attached hydrogens (tertiary/aromatic N) is 3. The molecule has 1 atom stereocenters. The van der Waals surface area contributed by atoms with Crippen LogP contribution < -0.4 is 31.0 Å². The number of hydrogen-bond acceptors (Lipinski definition) is 10. The van der Waals surface area contributed by atoms with E-state index < -0.39 is 17.7 Å². The number of carbonyl (C=O) groups is 1. The third kappa shape index (κ3) is 8.81. The molecule has 0 radical (unpaired) electrons. The number of ether oxygens (including phenoxy) is 4. The number of benzene rings is 2. The summed E-state index contributed by atoms with van der Waals surface area (Å²) in [6.45, 7) is 4.20. The highest BCUT2D eigenvalue weighted by Crippen LogP contribution is 2.34.